The minimum Gasteiger partial charge on any atom is -0.481 e. The molecule has 30 heavy (non-hydrogen) atoms. The molecule has 0 saturated carbocycles. The van der Waals surface area contributed by atoms with Crippen molar-refractivity contribution in [3.05, 3.63) is 23.8 Å². The van der Waals surface area contributed by atoms with Gasteiger partial charge in [-0.2, -0.15) is 0 Å². The van der Waals surface area contributed by atoms with E-state index in [1.54, 1.807) is 4.68 Å². The van der Waals surface area contributed by atoms with Crippen LogP contribution in [0.5, 0.6) is 0 Å². The lowest BCUT2D eigenvalue weighted by molar-refractivity contribution is -0.137. The zero-order chi connectivity index (χ0) is 22.0. The van der Waals surface area contributed by atoms with Crippen molar-refractivity contribution in [3.63, 3.8) is 0 Å². The van der Waals surface area contributed by atoms with Crippen LogP contribution in [0, 0.1) is 5.53 Å². The molecule has 0 unspecified atom stereocenters. The number of aryl methyl sites for hydroxylation is 1. The van der Waals surface area contributed by atoms with Crippen molar-refractivity contribution in [2.24, 2.45) is 5.11 Å². The van der Waals surface area contributed by atoms with Crippen LogP contribution in [0.15, 0.2) is 17.5 Å². The molecule has 2 aromatic rings. The first-order chi connectivity index (χ1) is 14.3. The maximum absolute atomic E-state index is 10.6. The molecule has 2 rings (SSSR count). The fourth-order valence-electron chi connectivity index (χ4n) is 2.86. The molecule has 164 valence electrons. The summed E-state index contributed by atoms with van der Waals surface area (Å²) in [6, 6.07) is 0. The van der Waals surface area contributed by atoms with Crippen molar-refractivity contribution in [2.75, 3.05) is 13.1 Å². The van der Waals surface area contributed by atoms with Crippen molar-refractivity contribution in [1.29, 1.82) is 5.53 Å². The highest BCUT2D eigenvalue weighted by Gasteiger charge is 2.17. The van der Waals surface area contributed by atoms with E-state index < -0.39 is 5.97 Å². The van der Waals surface area contributed by atoms with Crippen LogP contribution in [0.2, 0.25) is 0 Å². The topological polar surface area (TPSA) is 152 Å². The number of nitrogens with zero attached hydrogens (tertiary/aromatic N) is 9. The van der Waals surface area contributed by atoms with Crippen LogP contribution >= 0.6 is 0 Å². The summed E-state index contributed by atoms with van der Waals surface area (Å²) in [6.07, 6.45) is 6.13. The quantitative estimate of drug-likeness (QED) is 0.285. The number of hydrogen-bond donors (Lipinski definition) is 2. The second kappa shape index (κ2) is 11.3. The van der Waals surface area contributed by atoms with Gasteiger partial charge in [0.15, 0.2) is 0 Å². The molecule has 0 aliphatic carbocycles. The highest BCUT2D eigenvalue weighted by atomic mass is 16.4. The Balaban J connectivity index is 1.96. The number of rotatable bonds is 13. The summed E-state index contributed by atoms with van der Waals surface area (Å²) < 4.78 is 3.60. The summed E-state index contributed by atoms with van der Waals surface area (Å²) in [5.74, 6) is -0.779. The lowest BCUT2D eigenvalue weighted by atomic mass is 10.1. The number of aromatic nitrogens is 6. The van der Waals surface area contributed by atoms with Crippen molar-refractivity contribution >= 4 is 5.97 Å². The molecule has 2 aromatic heterocycles. The van der Waals surface area contributed by atoms with Gasteiger partial charge in [-0.05, 0) is 40.0 Å². The first-order valence-electron chi connectivity index (χ1n) is 10.1. The minimum absolute atomic E-state index is 0.131. The fraction of sp³-hybridized carbons (Fsp3) is 0.722. The highest BCUT2D eigenvalue weighted by Crippen LogP contribution is 2.14. The van der Waals surface area contributed by atoms with Crippen LogP contribution in [0.1, 0.15) is 57.8 Å². The molecule has 0 bridgehead atoms. The number of carboxylic acids is 1. The Morgan fingerprint density at radius 2 is 1.87 bits per heavy atom. The Morgan fingerprint density at radius 3 is 2.50 bits per heavy atom. The van der Waals surface area contributed by atoms with Gasteiger partial charge in [0.2, 0.25) is 4.91 Å². The molecular formula is C18H31N10O2+. The molecule has 0 atom stereocenters. The molecule has 0 spiro atoms. The van der Waals surface area contributed by atoms with Gasteiger partial charge >= 0.3 is 5.97 Å². The summed E-state index contributed by atoms with van der Waals surface area (Å²) in [6.45, 7) is 9.30. The average molecular weight is 420 g/mol. The monoisotopic (exact) mass is 419 g/mol. The van der Waals surface area contributed by atoms with Gasteiger partial charge in [0.05, 0.1) is 23.1 Å². The molecule has 0 aliphatic heterocycles. The molecule has 0 aromatic carbocycles. The number of unbranched alkanes of at least 4 members (excludes halogenated alkanes) is 1. The number of carboxylic acid groups (broad SMARTS) is 1. The van der Waals surface area contributed by atoms with Gasteiger partial charge in [-0.25, -0.2) is 4.68 Å². The van der Waals surface area contributed by atoms with Crippen LogP contribution < -0.4 is 4.91 Å². The summed E-state index contributed by atoms with van der Waals surface area (Å²) in [4.78, 5) is 15.8. The van der Waals surface area contributed by atoms with Crippen LogP contribution in [0.4, 0.5) is 0 Å². The molecule has 0 aliphatic rings. The van der Waals surface area contributed by atoms with Crippen LogP contribution in [0.3, 0.4) is 0 Å². The second-order valence-electron chi connectivity index (χ2n) is 8.18. The lowest BCUT2D eigenvalue weighted by Crippen LogP contribution is -2.25. The van der Waals surface area contributed by atoms with Crippen molar-refractivity contribution in [2.45, 2.75) is 71.6 Å². The Hall–Kier alpha value is -2.98. The maximum Gasteiger partial charge on any atom is 0.303 e. The first-order valence-corrected chi connectivity index (χ1v) is 10.1. The zero-order valence-corrected chi connectivity index (χ0v) is 17.9. The minimum atomic E-state index is -0.779. The number of carbonyl (C=O) groups is 1. The van der Waals surface area contributed by atoms with E-state index in [1.807, 2.05) is 17.1 Å². The van der Waals surface area contributed by atoms with E-state index in [9.17, 15) is 4.79 Å². The third kappa shape index (κ3) is 8.18. The molecule has 12 heteroatoms. The Bertz CT molecular complexity index is 847. The normalized spacial score (nSPS) is 11.6. The highest BCUT2D eigenvalue weighted by molar-refractivity contribution is 5.66. The predicted octanol–water partition coefficient (Wildman–Crippen LogP) is 1.82. The molecule has 2 heterocycles. The largest absolute Gasteiger partial charge is 0.481 e. The number of nitrogens with one attached hydrogen (secondary N) is 1. The second-order valence-corrected chi connectivity index (χ2v) is 8.18. The molecule has 2 N–H and O–H groups in total. The maximum atomic E-state index is 10.6. The van der Waals surface area contributed by atoms with Gasteiger partial charge in [-0.15, -0.1) is 10.2 Å². The Labute approximate surface area is 175 Å². The van der Waals surface area contributed by atoms with Gasteiger partial charge in [0.1, 0.15) is 17.2 Å². The zero-order valence-electron chi connectivity index (χ0n) is 17.9. The van der Waals surface area contributed by atoms with E-state index in [4.69, 9.17) is 10.6 Å². The summed E-state index contributed by atoms with van der Waals surface area (Å²) >= 11 is 0. The lowest BCUT2D eigenvalue weighted by Gasteiger charge is -2.19. The first kappa shape index (κ1) is 23.3. The van der Waals surface area contributed by atoms with E-state index in [0.717, 1.165) is 30.8 Å². The molecule has 12 nitrogen and oxygen atoms in total. The van der Waals surface area contributed by atoms with E-state index in [2.05, 4.69) is 56.3 Å². The van der Waals surface area contributed by atoms with Crippen molar-refractivity contribution in [1.82, 2.24) is 39.8 Å². The van der Waals surface area contributed by atoms with E-state index in [1.165, 1.54) is 0 Å². The Kier molecular flexibility index (Phi) is 8.75. The number of aliphatic carboxylic acids is 1. The van der Waals surface area contributed by atoms with Crippen LogP contribution in [0.25, 0.3) is 0 Å². The van der Waals surface area contributed by atoms with E-state index >= 15 is 0 Å². The molecule has 0 amide bonds. The van der Waals surface area contributed by atoms with Gasteiger partial charge in [0, 0.05) is 38.8 Å². The van der Waals surface area contributed by atoms with Gasteiger partial charge in [-0.3, -0.25) is 14.4 Å². The van der Waals surface area contributed by atoms with Crippen LogP contribution in [-0.4, -0.2) is 59.1 Å². The van der Waals surface area contributed by atoms with E-state index in [-0.39, 0.29) is 12.0 Å². The van der Waals surface area contributed by atoms with Gasteiger partial charge in [0.25, 0.3) is 0 Å². The van der Waals surface area contributed by atoms with Gasteiger partial charge < -0.3 is 5.11 Å². The smallest absolute Gasteiger partial charge is 0.303 e. The van der Waals surface area contributed by atoms with Crippen LogP contribution in [-0.2, 0) is 30.0 Å². The Morgan fingerprint density at radius 1 is 1.17 bits per heavy atom. The summed E-state index contributed by atoms with van der Waals surface area (Å²) in [7, 11) is 0. The van der Waals surface area contributed by atoms with Gasteiger partial charge in [-0.1, -0.05) is 10.4 Å². The third-order valence-corrected chi connectivity index (χ3v) is 4.42. The molecule has 0 fully saturated rings. The SMILES string of the molecule is CC(C)(C)n1cc(CN(CCCN=[N+]=N)Cc2cn(CCCCC(=O)O)nn2)nn1. The third-order valence-electron chi connectivity index (χ3n) is 4.42. The molecule has 0 radical (unpaired) electrons. The summed E-state index contributed by atoms with van der Waals surface area (Å²) in [5, 5.41) is 29.3. The molecular weight excluding hydrogens is 388 g/mol. The van der Waals surface area contributed by atoms with E-state index in [0.29, 0.717) is 32.6 Å². The van der Waals surface area contributed by atoms with Crippen molar-refractivity contribution < 1.29 is 9.90 Å². The fourth-order valence-corrected chi connectivity index (χ4v) is 2.86. The standard InChI is InChI=1S/C18H30N10O2/c1-18(2,3)28-14-16(22-25-28)12-26(9-6-8-20-23-19)11-15-13-27(24-21-15)10-5-4-7-17(29)30/h13-14,19H,4-12H2,1-3H3/p+1. The number of hydrogen-bond acceptors (Lipinski definition) is 8. The summed E-state index contributed by atoms with van der Waals surface area (Å²) in [5.41, 5.74) is 8.34. The predicted molar refractivity (Wildman–Crippen MR) is 107 cm³/mol. The average Bonchev–Trinajstić information content (AvgIpc) is 3.31. The molecule has 0 saturated heterocycles. The van der Waals surface area contributed by atoms with Crippen molar-refractivity contribution in [3.8, 4) is 0 Å².